The highest BCUT2D eigenvalue weighted by molar-refractivity contribution is 6.06. The molecule has 6 nitrogen and oxygen atoms in total. The molecule has 1 saturated carbocycles. The number of carbonyl (C=O) groups excluding carboxylic acids is 1. The van der Waals surface area contributed by atoms with Crippen molar-refractivity contribution in [2.45, 2.75) is 18.8 Å². The summed E-state index contributed by atoms with van der Waals surface area (Å²) in [6.45, 7) is 0. The van der Waals surface area contributed by atoms with E-state index in [2.05, 4.69) is 10.5 Å². The van der Waals surface area contributed by atoms with Crippen molar-refractivity contribution in [3.05, 3.63) is 65.4 Å². The van der Waals surface area contributed by atoms with Crippen LogP contribution >= 0.6 is 0 Å². The van der Waals surface area contributed by atoms with Crippen molar-refractivity contribution in [3.8, 4) is 11.5 Å². The zero-order valence-corrected chi connectivity index (χ0v) is 15.8. The average molecular weight is 375 g/mol. The molecule has 0 unspecified atom stereocenters. The molecule has 0 bridgehead atoms. The van der Waals surface area contributed by atoms with Crippen LogP contribution in [0.5, 0.6) is 11.5 Å². The number of nitrogens with zero attached hydrogens (tertiary/aromatic N) is 2. The summed E-state index contributed by atoms with van der Waals surface area (Å²) < 4.78 is 10.5. The normalized spacial score (nSPS) is 13.6. The van der Waals surface area contributed by atoms with Gasteiger partial charge in [0.2, 0.25) is 0 Å². The summed E-state index contributed by atoms with van der Waals surface area (Å²) in [5, 5.41) is 4.93. The SMILES string of the molecule is COc1ccc(/C=N\NC(=O)c2cc(C3CC3)nc3ccccc23)cc1OC. The predicted molar refractivity (Wildman–Crippen MR) is 108 cm³/mol. The van der Waals surface area contributed by atoms with E-state index in [9.17, 15) is 4.79 Å². The fourth-order valence-electron chi connectivity index (χ4n) is 3.13. The van der Waals surface area contributed by atoms with E-state index in [1.165, 1.54) is 0 Å². The van der Waals surface area contributed by atoms with Crippen molar-refractivity contribution in [2.24, 2.45) is 5.10 Å². The Bertz CT molecular complexity index is 1060. The minimum atomic E-state index is -0.253. The van der Waals surface area contributed by atoms with Gasteiger partial charge >= 0.3 is 0 Å². The molecule has 1 fully saturated rings. The Morgan fingerprint density at radius 2 is 1.89 bits per heavy atom. The largest absolute Gasteiger partial charge is 0.493 e. The van der Waals surface area contributed by atoms with Gasteiger partial charge in [0.05, 0.1) is 31.5 Å². The molecule has 0 saturated heterocycles. The second-order valence-corrected chi connectivity index (χ2v) is 6.70. The second-order valence-electron chi connectivity index (χ2n) is 6.70. The van der Waals surface area contributed by atoms with E-state index in [0.29, 0.717) is 23.0 Å². The quantitative estimate of drug-likeness (QED) is 0.524. The Balaban J connectivity index is 1.56. The molecule has 28 heavy (non-hydrogen) atoms. The number of aromatic nitrogens is 1. The number of rotatable bonds is 6. The van der Waals surface area contributed by atoms with Crippen molar-refractivity contribution in [2.75, 3.05) is 14.2 Å². The molecule has 1 aromatic heterocycles. The third-order valence-electron chi connectivity index (χ3n) is 4.76. The molecule has 6 heteroatoms. The van der Waals surface area contributed by atoms with Gasteiger partial charge in [-0.05, 0) is 48.7 Å². The summed E-state index contributed by atoms with van der Waals surface area (Å²) in [6.07, 6.45) is 3.83. The molecule has 0 radical (unpaired) electrons. The minimum absolute atomic E-state index is 0.253. The summed E-state index contributed by atoms with van der Waals surface area (Å²) in [7, 11) is 3.16. The number of ether oxygens (including phenoxy) is 2. The molecule has 1 heterocycles. The molecule has 1 amide bonds. The lowest BCUT2D eigenvalue weighted by Gasteiger charge is -2.08. The fourth-order valence-corrected chi connectivity index (χ4v) is 3.13. The number of para-hydroxylation sites is 1. The smallest absolute Gasteiger partial charge is 0.272 e. The highest BCUT2D eigenvalue weighted by Gasteiger charge is 2.26. The third kappa shape index (κ3) is 3.67. The molecule has 142 valence electrons. The standard InChI is InChI=1S/C22H21N3O3/c1-27-20-10-7-14(11-21(20)28-2)13-23-25-22(26)17-12-19(15-8-9-15)24-18-6-4-3-5-16(17)18/h3-7,10-13,15H,8-9H2,1-2H3,(H,25,26)/b23-13-. The summed E-state index contributed by atoms with van der Waals surface area (Å²) in [6, 6.07) is 15.0. The molecule has 1 aliphatic carbocycles. The molecule has 1 N–H and O–H groups in total. The lowest BCUT2D eigenvalue weighted by molar-refractivity contribution is 0.0956. The van der Waals surface area contributed by atoms with Gasteiger partial charge in [-0.3, -0.25) is 9.78 Å². The van der Waals surface area contributed by atoms with Crippen LogP contribution in [0.15, 0.2) is 53.6 Å². The van der Waals surface area contributed by atoms with Crippen molar-refractivity contribution in [1.29, 1.82) is 0 Å². The summed E-state index contributed by atoms with van der Waals surface area (Å²) in [5.41, 5.74) is 5.82. The lowest BCUT2D eigenvalue weighted by Crippen LogP contribution is -2.18. The van der Waals surface area contributed by atoms with Gasteiger partial charge in [-0.1, -0.05) is 18.2 Å². The number of hydrogen-bond acceptors (Lipinski definition) is 5. The van der Waals surface area contributed by atoms with E-state index in [-0.39, 0.29) is 5.91 Å². The molecule has 3 aromatic rings. The number of hydrogen-bond donors (Lipinski definition) is 1. The molecule has 1 aliphatic rings. The third-order valence-corrected chi connectivity index (χ3v) is 4.76. The topological polar surface area (TPSA) is 72.8 Å². The fraction of sp³-hybridized carbons (Fsp3) is 0.227. The van der Waals surface area contributed by atoms with Crippen LogP contribution in [0, 0.1) is 0 Å². The molecule has 4 rings (SSSR count). The summed E-state index contributed by atoms with van der Waals surface area (Å²) >= 11 is 0. The maximum absolute atomic E-state index is 12.8. The van der Waals surface area contributed by atoms with E-state index in [0.717, 1.165) is 35.0 Å². The van der Waals surface area contributed by atoms with Gasteiger partial charge < -0.3 is 9.47 Å². The number of benzene rings is 2. The van der Waals surface area contributed by atoms with Crippen LogP contribution in [-0.2, 0) is 0 Å². The second kappa shape index (κ2) is 7.68. The van der Waals surface area contributed by atoms with E-state index in [4.69, 9.17) is 14.5 Å². The van der Waals surface area contributed by atoms with Gasteiger partial charge in [0.25, 0.3) is 5.91 Å². The molecule has 0 aliphatic heterocycles. The van der Waals surface area contributed by atoms with E-state index in [1.807, 2.05) is 36.4 Å². The molecular weight excluding hydrogens is 354 g/mol. The highest BCUT2D eigenvalue weighted by Crippen LogP contribution is 2.40. The lowest BCUT2D eigenvalue weighted by atomic mass is 10.1. The van der Waals surface area contributed by atoms with Gasteiger partial charge in [0.15, 0.2) is 11.5 Å². The van der Waals surface area contributed by atoms with Crippen molar-refractivity contribution in [1.82, 2.24) is 10.4 Å². The van der Waals surface area contributed by atoms with E-state index < -0.39 is 0 Å². The van der Waals surface area contributed by atoms with Crippen LogP contribution in [0.4, 0.5) is 0 Å². The molecule has 0 atom stereocenters. The van der Waals surface area contributed by atoms with E-state index >= 15 is 0 Å². The average Bonchev–Trinajstić information content (AvgIpc) is 3.58. The monoisotopic (exact) mass is 375 g/mol. The zero-order chi connectivity index (χ0) is 19.5. The minimum Gasteiger partial charge on any atom is -0.493 e. The van der Waals surface area contributed by atoms with Crippen LogP contribution < -0.4 is 14.9 Å². The Kier molecular flexibility index (Phi) is 4.93. The summed E-state index contributed by atoms with van der Waals surface area (Å²) in [5.74, 6) is 1.45. The first-order valence-corrected chi connectivity index (χ1v) is 9.14. The van der Waals surface area contributed by atoms with Gasteiger partial charge in [0.1, 0.15) is 0 Å². The van der Waals surface area contributed by atoms with E-state index in [1.54, 1.807) is 32.6 Å². The Morgan fingerprint density at radius 1 is 1.11 bits per heavy atom. The molecule has 0 spiro atoms. The van der Waals surface area contributed by atoms with Gasteiger partial charge in [0, 0.05) is 17.0 Å². The Hall–Kier alpha value is -3.41. The number of methoxy groups -OCH3 is 2. The number of fused-ring (bicyclic) bond motifs is 1. The van der Waals surface area contributed by atoms with Crippen LogP contribution in [0.2, 0.25) is 0 Å². The van der Waals surface area contributed by atoms with Crippen molar-refractivity contribution < 1.29 is 14.3 Å². The number of amides is 1. The van der Waals surface area contributed by atoms with Crippen LogP contribution in [0.25, 0.3) is 10.9 Å². The maximum atomic E-state index is 12.8. The molecular formula is C22H21N3O3. The van der Waals surface area contributed by atoms with Crippen LogP contribution in [0.1, 0.15) is 40.4 Å². The summed E-state index contributed by atoms with van der Waals surface area (Å²) in [4.78, 5) is 17.5. The maximum Gasteiger partial charge on any atom is 0.272 e. The molecule has 2 aromatic carbocycles. The number of nitrogens with one attached hydrogen (secondary N) is 1. The van der Waals surface area contributed by atoms with Crippen molar-refractivity contribution >= 4 is 23.0 Å². The van der Waals surface area contributed by atoms with Crippen LogP contribution in [0.3, 0.4) is 0 Å². The first kappa shape index (κ1) is 18.0. The van der Waals surface area contributed by atoms with Gasteiger partial charge in [-0.15, -0.1) is 0 Å². The van der Waals surface area contributed by atoms with Gasteiger partial charge in [-0.2, -0.15) is 5.10 Å². The predicted octanol–water partition coefficient (Wildman–Crippen LogP) is 3.89. The zero-order valence-electron chi connectivity index (χ0n) is 15.8. The Morgan fingerprint density at radius 3 is 2.64 bits per heavy atom. The van der Waals surface area contributed by atoms with Crippen LogP contribution in [-0.4, -0.2) is 31.3 Å². The first-order valence-electron chi connectivity index (χ1n) is 9.14. The highest BCUT2D eigenvalue weighted by atomic mass is 16.5. The number of pyridine rings is 1. The van der Waals surface area contributed by atoms with Gasteiger partial charge in [-0.25, -0.2) is 5.43 Å². The Labute approximate surface area is 163 Å². The first-order chi connectivity index (χ1) is 13.7. The number of carbonyl (C=O) groups is 1. The van der Waals surface area contributed by atoms with Crippen molar-refractivity contribution in [3.63, 3.8) is 0 Å². The number of hydrazone groups is 1.